The van der Waals surface area contributed by atoms with E-state index in [2.05, 4.69) is 5.32 Å². The zero-order chi connectivity index (χ0) is 18.9. The molecule has 1 atom stereocenters. The normalized spacial score (nSPS) is 14.8. The quantitative estimate of drug-likeness (QED) is 0.871. The Morgan fingerprint density at radius 3 is 2.54 bits per heavy atom. The number of hydrogen-bond acceptors (Lipinski definition) is 3. The van der Waals surface area contributed by atoms with E-state index in [1.807, 2.05) is 13.0 Å². The Labute approximate surface area is 152 Å². The van der Waals surface area contributed by atoms with E-state index in [4.69, 9.17) is 0 Å². The summed E-state index contributed by atoms with van der Waals surface area (Å²) in [5, 5.41) is 2.85. The van der Waals surface area contributed by atoms with E-state index >= 15 is 0 Å². The molecule has 0 radical (unpaired) electrons. The summed E-state index contributed by atoms with van der Waals surface area (Å²) in [6.07, 6.45) is 2.40. The minimum Gasteiger partial charge on any atom is -0.325 e. The van der Waals surface area contributed by atoms with E-state index in [0.717, 1.165) is 11.1 Å². The summed E-state index contributed by atoms with van der Waals surface area (Å²) in [5.74, 6) is -0.957. The average molecular weight is 376 g/mol. The number of amides is 1. The molecule has 1 N–H and O–H groups in total. The molecule has 0 saturated heterocycles. The lowest BCUT2D eigenvalue weighted by Gasteiger charge is -2.19. The molecule has 138 valence electrons. The van der Waals surface area contributed by atoms with Crippen LogP contribution in [-0.2, 0) is 21.2 Å². The van der Waals surface area contributed by atoms with Gasteiger partial charge < -0.3 is 5.32 Å². The number of benzene rings is 2. The Bertz CT molecular complexity index is 926. The maximum atomic E-state index is 13.1. The fourth-order valence-corrected chi connectivity index (χ4v) is 4.22. The van der Waals surface area contributed by atoms with E-state index in [-0.39, 0.29) is 11.7 Å². The molecule has 1 aliphatic rings. The lowest BCUT2D eigenvalue weighted by molar-refractivity contribution is -0.117. The number of fused-ring (bicyclic) bond motifs is 1. The molecular weight excluding hydrogens is 355 g/mol. The molecule has 0 aliphatic carbocycles. The standard InChI is InChI=1S/C19H21FN2O3S/c1-3-17(13-4-7-15(20)8-5-13)19(23)21-16-9-6-14-10-11-22(18(14)12-16)26(2,24)25/h4-9,12,17H,3,10-11H2,1-2H3,(H,21,23). The molecule has 1 amide bonds. The summed E-state index contributed by atoms with van der Waals surface area (Å²) < 4.78 is 38.3. The van der Waals surface area contributed by atoms with Gasteiger partial charge in [0.2, 0.25) is 15.9 Å². The molecule has 2 aromatic carbocycles. The van der Waals surface area contributed by atoms with Crippen LogP contribution in [0.5, 0.6) is 0 Å². The fourth-order valence-electron chi connectivity index (χ4n) is 3.27. The SMILES string of the molecule is CCC(C(=O)Nc1ccc2c(c1)N(S(C)(=O)=O)CC2)c1ccc(F)cc1. The molecule has 3 rings (SSSR count). The highest BCUT2D eigenvalue weighted by Crippen LogP contribution is 2.33. The Kier molecular flexibility index (Phi) is 5.00. The second-order valence-corrected chi connectivity index (χ2v) is 8.34. The highest BCUT2D eigenvalue weighted by atomic mass is 32.2. The van der Waals surface area contributed by atoms with Gasteiger partial charge in [0.15, 0.2) is 0 Å². The lowest BCUT2D eigenvalue weighted by Crippen LogP contribution is -2.27. The van der Waals surface area contributed by atoms with Crippen LogP contribution >= 0.6 is 0 Å². The second-order valence-electron chi connectivity index (χ2n) is 6.43. The third-order valence-electron chi connectivity index (χ3n) is 4.60. The van der Waals surface area contributed by atoms with Gasteiger partial charge in [-0.1, -0.05) is 25.1 Å². The van der Waals surface area contributed by atoms with Crippen molar-refractivity contribution in [3.63, 3.8) is 0 Å². The molecule has 1 heterocycles. The van der Waals surface area contributed by atoms with Crippen LogP contribution in [-0.4, -0.2) is 27.1 Å². The first-order valence-electron chi connectivity index (χ1n) is 8.46. The van der Waals surface area contributed by atoms with E-state index in [1.54, 1.807) is 24.3 Å². The summed E-state index contributed by atoms with van der Waals surface area (Å²) in [6.45, 7) is 2.31. The van der Waals surface area contributed by atoms with Crippen LogP contribution in [0.25, 0.3) is 0 Å². The highest BCUT2D eigenvalue weighted by molar-refractivity contribution is 7.92. The molecular formula is C19H21FN2O3S. The third kappa shape index (κ3) is 3.72. The Balaban J connectivity index is 1.82. The van der Waals surface area contributed by atoms with Gasteiger partial charge in [0.05, 0.1) is 17.9 Å². The molecule has 7 heteroatoms. The van der Waals surface area contributed by atoms with Crippen molar-refractivity contribution in [1.29, 1.82) is 0 Å². The van der Waals surface area contributed by atoms with Gasteiger partial charge in [0.25, 0.3) is 0 Å². The number of sulfonamides is 1. The highest BCUT2D eigenvalue weighted by Gasteiger charge is 2.27. The van der Waals surface area contributed by atoms with Crippen molar-refractivity contribution >= 4 is 27.3 Å². The number of carbonyl (C=O) groups excluding carboxylic acids is 1. The molecule has 26 heavy (non-hydrogen) atoms. The summed E-state index contributed by atoms with van der Waals surface area (Å²) in [4.78, 5) is 12.7. The van der Waals surface area contributed by atoms with Crippen molar-refractivity contribution in [2.75, 3.05) is 22.4 Å². The van der Waals surface area contributed by atoms with Crippen molar-refractivity contribution in [2.45, 2.75) is 25.7 Å². The molecule has 1 aliphatic heterocycles. The van der Waals surface area contributed by atoms with Crippen LogP contribution in [0.3, 0.4) is 0 Å². The molecule has 0 spiro atoms. The lowest BCUT2D eigenvalue weighted by atomic mass is 9.95. The van der Waals surface area contributed by atoms with Crippen LogP contribution in [0.4, 0.5) is 15.8 Å². The molecule has 1 unspecified atom stereocenters. The predicted molar refractivity (Wildman–Crippen MR) is 100 cm³/mol. The van der Waals surface area contributed by atoms with Gasteiger partial charge in [0.1, 0.15) is 5.82 Å². The zero-order valence-electron chi connectivity index (χ0n) is 14.7. The van der Waals surface area contributed by atoms with Crippen LogP contribution < -0.4 is 9.62 Å². The van der Waals surface area contributed by atoms with Crippen LogP contribution in [0, 0.1) is 5.82 Å². The van der Waals surface area contributed by atoms with Gasteiger partial charge in [-0.15, -0.1) is 0 Å². The van der Waals surface area contributed by atoms with Crippen molar-refractivity contribution in [2.24, 2.45) is 0 Å². The molecule has 2 aromatic rings. The number of rotatable bonds is 5. The zero-order valence-corrected chi connectivity index (χ0v) is 15.5. The topological polar surface area (TPSA) is 66.5 Å². The maximum absolute atomic E-state index is 13.1. The largest absolute Gasteiger partial charge is 0.325 e. The number of halogens is 1. The van der Waals surface area contributed by atoms with E-state index in [0.29, 0.717) is 30.8 Å². The number of hydrogen-bond donors (Lipinski definition) is 1. The first kappa shape index (κ1) is 18.4. The second kappa shape index (κ2) is 7.07. The van der Waals surface area contributed by atoms with Gasteiger partial charge in [0, 0.05) is 12.2 Å². The van der Waals surface area contributed by atoms with Crippen molar-refractivity contribution < 1.29 is 17.6 Å². The Morgan fingerprint density at radius 1 is 1.23 bits per heavy atom. The predicted octanol–water partition coefficient (Wildman–Crippen LogP) is 3.28. The number of anilines is 2. The molecule has 5 nitrogen and oxygen atoms in total. The van der Waals surface area contributed by atoms with Gasteiger partial charge >= 0.3 is 0 Å². The number of carbonyl (C=O) groups is 1. The summed E-state index contributed by atoms with van der Waals surface area (Å²) in [6, 6.07) is 11.2. The molecule has 0 bridgehead atoms. The monoisotopic (exact) mass is 376 g/mol. The van der Waals surface area contributed by atoms with Crippen LogP contribution in [0.2, 0.25) is 0 Å². The van der Waals surface area contributed by atoms with E-state index < -0.39 is 15.9 Å². The third-order valence-corrected chi connectivity index (χ3v) is 5.78. The number of nitrogens with one attached hydrogen (secondary N) is 1. The maximum Gasteiger partial charge on any atom is 0.232 e. The molecule has 0 aromatic heterocycles. The minimum absolute atomic E-state index is 0.206. The van der Waals surface area contributed by atoms with Crippen LogP contribution in [0.15, 0.2) is 42.5 Å². The average Bonchev–Trinajstić information content (AvgIpc) is 3.00. The van der Waals surface area contributed by atoms with Gasteiger partial charge in [-0.05, 0) is 48.2 Å². The smallest absolute Gasteiger partial charge is 0.232 e. The summed E-state index contributed by atoms with van der Waals surface area (Å²) in [7, 11) is -3.34. The first-order valence-corrected chi connectivity index (χ1v) is 10.3. The Morgan fingerprint density at radius 2 is 1.92 bits per heavy atom. The Hall–Kier alpha value is -2.41. The van der Waals surface area contributed by atoms with Crippen molar-refractivity contribution in [3.05, 3.63) is 59.4 Å². The van der Waals surface area contributed by atoms with Crippen molar-refractivity contribution in [3.8, 4) is 0 Å². The summed E-state index contributed by atoms with van der Waals surface area (Å²) >= 11 is 0. The van der Waals surface area contributed by atoms with Gasteiger partial charge in [-0.25, -0.2) is 12.8 Å². The van der Waals surface area contributed by atoms with E-state index in [9.17, 15) is 17.6 Å². The van der Waals surface area contributed by atoms with Gasteiger partial charge in [-0.2, -0.15) is 0 Å². The van der Waals surface area contributed by atoms with Gasteiger partial charge in [-0.3, -0.25) is 9.10 Å². The first-order chi connectivity index (χ1) is 12.3. The minimum atomic E-state index is -3.34. The molecule has 0 fully saturated rings. The van der Waals surface area contributed by atoms with Crippen molar-refractivity contribution in [1.82, 2.24) is 0 Å². The molecule has 0 saturated carbocycles. The fraction of sp³-hybridized carbons (Fsp3) is 0.316. The summed E-state index contributed by atoms with van der Waals surface area (Å²) in [5.41, 5.74) is 2.84. The van der Waals surface area contributed by atoms with E-state index in [1.165, 1.54) is 22.7 Å². The van der Waals surface area contributed by atoms with Crippen LogP contribution in [0.1, 0.15) is 30.4 Å². The number of nitrogens with zero attached hydrogens (tertiary/aromatic N) is 1.